The van der Waals surface area contributed by atoms with Crippen LogP contribution in [0.2, 0.25) is 0 Å². The van der Waals surface area contributed by atoms with Crippen molar-refractivity contribution < 1.29 is 0 Å². The second-order valence-electron chi connectivity index (χ2n) is 12.2. The van der Waals surface area contributed by atoms with Crippen LogP contribution in [0.15, 0.2) is 60.3 Å². The van der Waals surface area contributed by atoms with E-state index in [0.29, 0.717) is 24.0 Å². The zero-order valence-electron chi connectivity index (χ0n) is 22.9. The number of hydrogen-bond donors (Lipinski definition) is 5. The number of benzene rings is 2. The molecule has 6 N–H and O–H groups in total. The largest absolute Gasteiger partial charge is 0.388 e. The number of para-hydroxylation sites is 2. The van der Waals surface area contributed by atoms with E-state index in [-0.39, 0.29) is 6.04 Å². The highest BCUT2D eigenvalue weighted by molar-refractivity contribution is 5.71. The number of nitrogens with two attached hydrogens (primary N) is 1. The molecule has 3 fully saturated rings. The van der Waals surface area contributed by atoms with Crippen molar-refractivity contribution >= 4 is 22.7 Å². The van der Waals surface area contributed by atoms with Gasteiger partial charge in [-0.3, -0.25) is 0 Å². The molecule has 0 bridgehead atoms. The van der Waals surface area contributed by atoms with Crippen molar-refractivity contribution in [3.8, 4) is 0 Å². The minimum atomic E-state index is 0.214. The highest BCUT2D eigenvalue weighted by atomic mass is 15.1. The first-order chi connectivity index (χ1) is 18.7. The van der Waals surface area contributed by atoms with Crippen molar-refractivity contribution in [2.24, 2.45) is 11.1 Å². The molecule has 2 saturated carbocycles. The smallest absolute Gasteiger partial charge is 0.0676 e. The van der Waals surface area contributed by atoms with E-state index in [1.807, 2.05) is 0 Å². The zero-order valence-corrected chi connectivity index (χ0v) is 22.9. The molecule has 2 aromatic carbocycles. The summed E-state index contributed by atoms with van der Waals surface area (Å²) in [5, 5.41) is 14.8. The molecule has 1 atom stereocenters. The van der Waals surface area contributed by atoms with E-state index in [1.54, 1.807) is 0 Å². The van der Waals surface area contributed by atoms with Gasteiger partial charge in [0.2, 0.25) is 0 Å². The maximum absolute atomic E-state index is 6.16. The van der Waals surface area contributed by atoms with E-state index in [0.717, 1.165) is 43.9 Å². The maximum atomic E-state index is 6.16. The summed E-state index contributed by atoms with van der Waals surface area (Å²) in [5.41, 5.74) is 13.0. The molecule has 6 nitrogen and oxygen atoms in total. The average Bonchev–Trinajstić information content (AvgIpc) is 3.43. The summed E-state index contributed by atoms with van der Waals surface area (Å²) in [6, 6.07) is 18.8. The van der Waals surface area contributed by atoms with E-state index in [4.69, 9.17) is 5.73 Å². The molecule has 204 valence electrons. The quantitative estimate of drug-likeness (QED) is 0.316. The minimum Gasteiger partial charge on any atom is -0.388 e. The summed E-state index contributed by atoms with van der Waals surface area (Å²) in [6.07, 6.45) is 15.8. The molecular formula is C32H46N6. The molecule has 0 radical (unpaired) electrons. The number of piperidine rings is 1. The van der Waals surface area contributed by atoms with Crippen molar-refractivity contribution in [3.05, 3.63) is 60.3 Å². The van der Waals surface area contributed by atoms with Crippen molar-refractivity contribution in [1.82, 2.24) is 5.32 Å². The van der Waals surface area contributed by atoms with Gasteiger partial charge in [0.15, 0.2) is 0 Å². The van der Waals surface area contributed by atoms with Gasteiger partial charge in [0.25, 0.3) is 0 Å². The van der Waals surface area contributed by atoms with Gasteiger partial charge in [-0.05, 0) is 98.9 Å². The van der Waals surface area contributed by atoms with Gasteiger partial charge in [-0.1, -0.05) is 31.0 Å². The molecule has 2 aliphatic carbocycles. The van der Waals surface area contributed by atoms with Crippen molar-refractivity contribution in [2.45, 2.75) is 82.3 Å². The average molecular weight is 515 g/mol. The number of nitrogens with one attached hydrogen (secondary N) is 4. The molecule has 2 aromatic rings. The normalized spacial score (nSPS) is 24.0. The molecule has 1 unspecified atom stereocenters. The van der Waals surface area contributed by atoms with Crippen LogP contribution in [-0.2, 0) is 0 Å². The van der Waals surface area contributed by atoms with Crippen LogP contribution in [0.3, 0.4) is 0 Å². The Morgan fingerprint density at radius 2 is 1.68 bits per heavy atom. The Balaban J connectivity index is 0.986. The molecule has 0 amide bonds. The maximum Gasteiger partial charge on any atom is 0.0676 e. The molecule has 2 aliphatic heterocycles. The molecular weight excluding hydrogens is 468 g/mol. The summed E-state index contributed by atoms with van der Waals surface area (Å²) in [6.45, 7) is 3.56. The third-order valence-electron chi connectivity index (χ3n) is 9.73. The van der Waals surface area contributed by atoms with Crippen LogP contribution in [-0.4, -0.2) is 44.3 Å². The fourth-order valence-electron chi connectivity index (χ4n) is 7.30. The van der Waals surface area contributed by atoms with E-state index >= 15 is 0 Å². The van der Waals surface area contributed by atoms with E-state index in [2.05, 4.69) is 80.9 Å². The van der Waals surface area contributed by atoms with Crippen LogP contribution < -0.4 is 31.9 Å². The van der Waals surface area contributed by atoms with Crippen LogP contribution in [0, 0.1) is 5.41 Å². The summed E-state index contributed by atoms with van der Waals surface area (Å²) >= 11 is 0. The molecule has 4 aliphatic rings. The molecule has 38 heavy (non-hydrogen) atoms. The summed E-state index contributed by atoms with van der Waals surface area (Å²) < 4.78 is 0. The van der Waals surface area contributed by atoms with Gasteiger partial charge in [0, 0.05) is 49.6 Å². The van der Waals surface area contributed by atoms with E-state index in [9.17, 15) is 0 Å². The lowest BCUT2D eigenvalue weighted by atomic mass is 9.71. The molecule has 1 spiro atoms. The predicted octanol–water partition coefficient (Wildman–Crippen LogP) is 5.91. The van der Waals surface area contributed by atoms with Crippen LogP contribution in [0.5, 0.6) is 0 Å². The van der Waals surface area contributed by atoms with Crippen LogP contribution in [0.25, 0.3) is 0 Å². The van der Waals surface area contributed by atoms with Crippen LogP contribution in [0.1, 0.15) is 64.2 Å². The fraction of sp³-hybridized carbons (Fsp3) is 0.562. The number of fused-ring (bicyclic) bond motifs is 1. The zero-order chi connectivity index (χ0) is 25.8. The molecule has 0 aromatic heterocycles. The Morgan fingerprint density at radius 3 is 2.45 bits per heavy atom. The standard InChI is InChI=1S/C32H46N6/c33-21-24(31-23-35-29-8-1-2-9-30(29)37-31)22-34-25-12-18-38(19-13-25)28-7-5-6-27(20-28)36-26-10-16-32(17-11-26)14-3-4-15-32/h1-2,5-9,20,22,25-26,31,34-37H,3-4,10-19,21,23,33H2/b24-22+. The number of nitrogens with zero attached hydrogens (tertiary/aromatic N) is 1. The highest BCUT2D eigenvalue weighted by Gasteiger charge is 2.37. The van der Waals surface area contributed by atoms with Gasteiger partial charge in [-0.25, -0.2) is 0 Å². The summed E-state index contributed by atoms with van der Waals surface area (Å²) in [7, 11) is 0. The molecule has 1 saturated heterocycles. The third kappa shape index (κ3) is 5.75. The third-order valence-corrected chi connectivity index (χ3v) is 9.73. The van der Waals surface area contributed by atoms with Gasteiger partial charge >= 0.3 is 0 Å². The monoisotopic (exact) mass is 514 g/mol. The fourth-order valence-corrected chi connectivity index (χ4v) is 7.30. The first-order valence-corrected chi connectivity index (χ1v) is 15.1. The Labute approximate surface area is 228 Å². The summed E-state index contributed by atoms with van der Waals surface area (Å²) in [5.74, 6) is 0. The Morgan fingerprint density at radius 1 is 0.921 bits per heavy atom. The lowest BCUT2D eigenvalue weighted by Crippen LogP contribution is -2.42. The number of anilines is 4. The lowest BCUT2D eigenvalue weighted by molar-refractivity contribution is 0.188. The SMILES string of the molecule is NC/C(=C\NC1CCN(c2cccc(NC3CCC4(CCCC4)CC3)c2)CC1)C1CNc2ccccc2N1. The predicted molar refractivity (Wildman–Crippen MR) is 161 cm³/mol. The molecule has 2 heterocycles. The minimum absolute atomic E-state index is 0.214. The first-order valence-electron chi connectivity index (χ1n) is 15.1. The van der Waals surface area contributed by atoms with Crippen molar-refractivity contribution in [1.29, 1.82) is 0 Å². The topological polar surface area (TPSA) is 77.4 Å². The number of hydrogen-bond acceptors (Lipinski definition) is 6. The highest BCUT2D eigenvalue weighted by Crippen LogP contribution is 2.49. The van der Waals surface area contributed by atoms with Crippen molar-refractivity contribution in [3.63, 3.8) is 0 Å². The van der Waals surface area contributed by atoms with Crippen LogP contribution >= 0.6 is 0 Å². The van der Waals surface area contributed by atoms with Gasteiger partial charge in [-0.15, -0.1) is 0 Å². The van der Waals surface area contributed by atoms with Crippen LogP contribution in [0.4, 0.5) is 22.7 Å². The molecule has 6 rings (SSSR count). The first kappa shape index (κ1) is 25.4. The second kappa shape index (κ2) is 11.5. The summed E-state index contributed by atoms with van der Waals surface area (Å²) in [4.78, 5) is 2.55. The van der Waals surface area contributed by atoms with Gasteiger partial charge < -0.3 is 31.9 Å². The van der Waals surface area contributed by atoms with Gasteiger partial charge in [0.1, 0.15) is 0 Å². The van der Waals surface area contributed by atoms with Gasteiger partial charge in [-0.2, -0.15) is 0 Å². The van der Waals surface area contributed by atoms with E-state index in [1.165, 1.54) is 68.3 Å². The Kier molecular flexibility index (Phi) is 7.68. The Hall–Kier alpha value is -2.86. The number of rotatable bonds is 7. The van der Waals surface area contributed by atoms with E-state index < -0.39 is 0 Å². The molecule has 6 heteroatoms. The van der Waals surface area contributed by atoms with Gasteiger partial charge in [0.05, 0.1) is 17.4 Å². The lowest BCUT2D eigenvalue weighted by Gasteiger charge is -2.38. The second-order valence-corrected chi connectivity index (χ2v) is 12.2. The Bertz CT molecular complexity index is 1090. The van der Waals surface area contributed by atoms with Crippen molar-refractivity contribution in [2.75, 3.05) is 47.0 Å².